The van der Waals surface area contributed by atoms with Crippen LogP contribution in [0.1, 0.15) is 17.8 Å². The second kappa shape index (κ2) is 3.46. The van der Waals surface area contributed by atoms with Gasteiger partial charge in [0.05, 0.1) is 0 Å². The number of hydrogen-bond acceptors (Lipinski definition) is 2. The zero-order valence-corrected chi connectivity index (χ0v) is 8.70. The summed E-state index contributed by atoms with van der Waals surface area (Å²) in [5.41, 5.74) is 8.12. The zero-order chi connectivity index (χ0) is 10.1. The number of aryl methyl sites for hydroxylation is 2. The molecule has 0 fully saturated rings. The van der Waals surface area contributed by atoms with Gasteiger partial charge in [-0.15, -0.1) is 0 Å². The van der Waals surface area contributed by atoms with Gasteiger partial charge in [-0.1, -0.05) is 0 Å². The maximum Gasteiger partial charge on any atom is 0.214 e. The molecule has 0 saturated heterocycles. The van der Waals surface area contributed by atoms with Crippen molar-refractivity contribution in [1.29, 1.82) is 0 Å². The van der Waals surface area contributed by atoms with E-state index in [9.17, 15) is 0 Å². The Balaban J connectivity index is 2.47. The number of rotatable bonds is 3. The lowest BCUT2D eigenvalue weighted by Gasteiger charge is -2.02. The number of nitrogens with zero attached hydrogens (tertiary/aromatic N) is 3. The molecule has 2 aromatic heterocycles. The lowest BCUT2D eigenvalue weighted by molar-refractivity contribution is 0.757. The van der Waals surface area contributed by atoms with Crippen molar-refractivity contribution in [3.05, 3.63) is 23.8 Å². The quantitative estimate of drug-likeness (QED) is 0.784. The molecular formula is C10H16N4. The van der Waals surface area contributed by atoms with Crippen LogP contribution in [0.4, 0.5) is 0 Å². The highest BCUT2D eigenvalue weighted by Crippen LogP contribution is 2.15. The average Bonchev–Trinajstić information content (AvgIpc) is 2.72. The Hall–Kier alpha value is -1.29. The molecule has 2 rings (SSSR count). The van der Waals surface area contributed by atoms with E-state index in [1.54, 1.807) is 0 Å². The van der Waals surface area contributed by atoms with E-state index in [2.05, 4.69) is 27.9 Å². The van der Waals surface area contributed by atoms with Crippen LogP contribution in [0.15, 0.2) is 12.4 Å². The van der Waals surface area contributed by atoms with Crippen LogP contribution in [-0.4, -0.2) is 20.5 Å². The van der Waals surface area contributed by atoms with Gasteiger partial charge in [-0.3, -0.25) is 4.40 Å². The van der Waals surface area contributed by atoms with Crippen molar-refractivity contribution in [1.82, 2.24) is 14.0 Å². The van der Waals surface area contributed by atoms with E-state index < -0.39 is 0 Å². The summed E-state index contributed by atoms with van der Waals surface area (Å²) < 4.78 is 4.26. The third-order valence-electron chi connectivity index (χ3n) is 2.72. The molecule has 76 valence electrons. The summed E-state index contributed by atoms with van der Waals surface area (Å²) in [4.78, 5) is 4.30. The van der Waals surface area contributed by atoms with Crippen molar-refractivity contribution in [2.45, 2.75) is 19.8 Å². The SMILES string of the molecule is Cc1c(CCCN)n(C)c2nccn12. The van der Waals surface area contributed by atoms with Crippen LogP contribution < -0.4 is 5.73 Å². The van der Waals surface area contributed by atoms with Crippen molar-refractivity contribution in [3.63, 3.8) is 0 Å². The molecule has 0 atom stereocenters. The Morgan fingerprint density at radius 2 is 2.29 bits per heavy atom. The van der Waals surface area contributed by atoms with Crippen molar-refractivity contribution >= 4 is 5.78 Å². The van der Waals surface area contributed by atoms with Gasteiger partial charge in [0.2, 0.25) is 5.78 Å². The second-order valence-corrected chi connectivity index (χ2v) is 3.58. The van der Waals surface area contributed by atoms with E-state index in [1.165, 1.54) is 11.4 Å². The third kappa shape index (κ3) is 1.23. The average molecular weight is 192 g/mol. The van der Waals surface area contributed by atoms with Gasteiger partial charge in [0.1, 0.15) is 0 Å². The van der Waals surface area contributed by atoms with Gasteiger partial charge in [0.15, 0.2) is 0 Å². The molecule has 2 N–H and O–H groups in total. The van der Waals surface area contributed by atoms with E-state index in [1.807, 2.05) is 12.4 Å². The first-order valence-corrected chi connectivity index (χ1v) is 4.93. The highest BCUT2D eigenvalue weighted by molar-refractivity contribution is 5.38. The molecule has 0 spiro atoms. The number of fused-ring (bicyclic) bond motifs is 1. The van der Waals surface area contributed by atoms with Gasteiger partial charge in [0.25, 0.3) is 0 Å². The molecule has 0 aliphatic rings. The lowest BCUT2D eigenvalue weighted by Crippen LogP contribution is -2.04. The normalized spacial score (nSPS) is 11.4. The summed E-state index contributed by atoms with van der Waals surface area (Å²) in [7, 11) is 2.06. The van der Waals surface area contributed by atoms with Gasteiger partial charge in [-0.25, -0.2) is 4.98 Å². The zero-order valence-electron chi connectivity index (χ0n) is 8.70. The standard InChI is InChI=1S/C10H16N4/c1-8-9(4-3-5-11)13(2)10-12-6-7-14(8)10/h6-7H,3-5,11H2,1-2H3. The monoisotopic (exact) mass is 192 g/mol. The summed E-state index contributed by atoms with van der Waals surface area (Å²) in [6.45, 7) is 2.87. The molecule has 0 bridgehead atoms. The van der Waals surface area contributed by atoms with Crippen LogP contribution in [-0.2, 0) is 13.5 Å². The van der Waals surface area contributed by atoms with Crippen LogP contribution in [0.25, 0.3) is 5.78 Å². The Kier molecular flexibility index (Phi) is 2.29. The minimum atomic E-state index is 0.743. The van der Waals surface area contributed by atoms with Crippen LogP contribution in [0, 0.1) is 6.92 Å². The number of nitrogens with two attached hydrogens (primary N) is 1. The van der Waals surface area contributed by atoms with E-state index in [0.29, 0.717) is 0 Å². The number of hydrogen-bond donors (Lipinski definition) is 1. The van der Waals surface area contributed by atoms with Gasteiger partial charge >= 0.3 is 0 Å². The van der Waals surface area contributed by atoms with E-state index in [-0.39, 0.29) is 0 Å². The Bertz CT molecular complexity index is 404. The molecule has 0 amide bonds. The number of aromatic nitrogens is 3. The fourth-order valence-electron chi connectivity index (χ4n) is 1.93. The molecular weight excluding hydrogens is 176 g/mol. The molecule has 2 heterocycles. The fourth-order valence-corrected chi connectivity index (χ4v) is 1.93. The summed E-state index contributed by atoms with van der Waals surface area (Å²) in [6.07, 6.45) is 5.88. The van der Waals surface area contributed by atoms with E-state index in [0.717, 1.165) is 25.2 Å². The van der Waals surface area contributed by atoms with Crippen molar-refractivity contribution in [3.8, 4) is 0 Å². The Morgan fingerprint density at radius 1 is 1.50 bits per heavy atom. The maximum absolute atomic E-state index is 5.51. The Morgan fingerprint density at radius 3 is 2.93 bits per heavy atom. The predicted molar refractivity (Wildman–Crippen MR) is 56.3 cm³/mol. The first-order valence-electron chi connectivity index (χ1n) is 4.93. The molecule has 4 nitrogen and oxygen atoms in total. The van der Waals surface area contributed by atoms with Crippen molar-refractivity contribution in [2.75, 3.05) is 6.54 Å². The minimum absolute atomic E-state index is 0.743. The first kappa shape index (κ1) is 9.27. The molecule has 0 saturated carbocycles. The van der Waals surface area contributed by atoms with E-state index >= 15 is 0 Å². The maximum atomic E-state index is 5.51. The van der Waals surface area contributed by atoms with Gasteiger partial charge in [0, 0.05) is 30.8 Å². The smallest absolute Gasteiger partial charge is 0.214 e. The van der Waals surface area contributed by atoms with Crippen molar-refractivity contribution < 1.29 is 0 Å². The molecule has 0 aliphatic carbocycles. The van der Waals surface area contributed by atoms with Gasteiger partial charge < -0.3 is 10.3 Å². The second-order valence-electron chi connectivity index (χ2n) is 3.58. The molecule has 4 heteroatoms. The highest BCUT2D eigenvalue weighted by Gasteiger charge is 2.10. The molecule has 14 heavy (non-hydrogen) atoms. The summed E-state index contributed by atoms with van der Waals surface area (Å²) in [5.74, 6) is 1.01. The Labute approximate surface area is 83.4 Å². The summed E-state index contributed by atoms with van der Waals surface area (Å²) in [6, 6.07) is 0. The van der Waals surface area contributed by atoms with Gasteiger partial charge in [-0.05, 0) is 26.3 Å². The molecule has 0 aliphatic heterocycles. The van der Waals surface area contributed by atoms with Crippen LogP contribution in [0.3, 0.4) is 0 Å². The minimum Gasteiger partial charge on any atom is -0.330 e. The highest BCUT2D eigenvalue weighted by atomic mass is 15.2. The van der Waals surface area contributed by atoms with Crippen LogP contribution >= 0.6 is 0 Å². The molecule has 0 aromatic carbocycles. The topological polar surface area (TPSA) is 48.2 Å². The fraction of sp³-hybridized carbons (Fsp3) is 0.500. The predicted octanol–water partition coefficient (Wildman–Crippen LogP) is 0.873. The van der Waals surface area contributed by atoms with Crippen molar-refractivity contribution in [2.24, 2.45) is 12.8 Å². The summed E-state index contributed by atoms with van der Waals surface area (Å²) >= 11 is 0. The largest absolute Gasteiger partial charge is 0.330 e. The van der Waals surface area contributed by atoms with E-state index in [4.69, 9.17) is 5.73 Å². The molecule has 0 unspecified atom stereocenters. The third-order valence-corrected chi connectivity index (χ3v) is 2.72. The van der Waals surface area contributed by atoms with Gasteiger partial charge in [-0.2, -0.15) is 0 Å². The van der Waals surface area contributed by atoms with Crippen LogP contribution in [0.2, 0.25) is 0 Å². The molecule has 2 aromatic rings. The molecule has 0 radical (unpaired) electrons. The van der Waals surface area contributed by atoms with Crippen LogP contribution in [0.5, 0.6) is 0 Å². The lowest BCUT2D eigenvalue weighted by atomic mass is 10.2. The summed E-state index contributed by atoms with van der Waals surface area (Å²) in [5, 5.41) is 0. The first-order chi connectivity index (χ1) is 6.75. The number of imidazole rings is 2.